The largest absolute Gasteiger partial charge is 0.293 e. The summed E-state index contributed by atoms with van der Waals surface area (Å²) in [5.41, 5.74) is 1.30. The summed E-state index contributed by atoms with van der Waals surface area (Å²) in [6.07, 6.45) is 17.3. The Morgan fingerprint density at radius 3 is 2.75 bits per heavy atom. The first-order valence-electron chi connectivity index (χ1n) is 8.42. The van der Waals surface area contributed by atoms with E-state index in [1.807, 2.05) is 24.7 Å². The molecule has 6 heteroatoms. The van der Waals surface area contributed by atoms with Gasteiger partial charge in [0.05, 0.1) is 18.6 Å². The van der Waals surface area contributed by atoms with Gasteiger partial charge in [-0.25, -0.2) is 4.99 Å². The average Bonchev–Trinajstić information content (AvgIpc) is 2.69. The Morgan fingerprint density at radius 1 is 1.00 bits per heavy atom. The molecule has 122 valence electrons. The second-order valence-corrected chi connectivity index (χ2v) is 6.19. The van der Waals surface area contributed by atoms with Crippen molar-refractivity contribution in [1.29, 1.82) is 0 Å². The normalized spacial score (nSPS) is 34.3. The van der Waals surface area contributed by atoms with E-state index in [0.29, 0.717) is 6.54 Å². The number of allylic oxidation sites excluding steroid dienone is 2. The van der Waals surface area contributed by atoms with E-state index in [1.165, 1.54) is 5.57 Å². The fourth-order valence-corrected chi connectivity index (χ4v) is 3.35. The molecule has 0 spiro atoms. The Morgan fingerprint density at radius 2 is 2.00 bits per heavy atom. The molecule has 0 radical (unpaired) electrons. The monoisotopic (exact) mass is 320 g/mol. The second kappa shape index (κ2) is 6.95. The van der Waals surface area contributed by atoms with Crippen LogP contribution in [0.4, 0.5) is 0 Å². The van der Waals surface area contributed by atoms with Gasteiger partial charge in [0.25, 0.3) is 0 Å². The highest BCUT2D eigenvalue weighted by Crippen LogP contribution is 2.28. The van der Waals surface area contributed by atoms with Crippen molar-refractivity contribution >= 4 is 36.9 Å². The van der Waals surface area contributed by atoms with Crippen molar-refractivity contribution in [2.75, 3.05) is 13.1 Å². The Balaban J connectivity index is 1.63. The van der Waals surface area contributed by atoms with Gasteiger partial charge >= 0.3 is 0 Å². The first kappa shape index (κ1) is 15.1. The molecule has 0 fully saturated rings. The van der Waals surface area contributed by atoms with Gasteiger partial charge in [-0.1, -0.05) is 6.08 Å². The first-order chi connectivity index (χ1) is 11.9. The third kappa shape index (κ3) is 3.09. The summed E-state index contributed by atoms with van der Waals surface area (Å²) in [5.74, 6) is 0.965. The number of amidine groups is 1. The lowest BCUT2D eigenvalue weighted by Gasteiger charge is -2.32. The molecule has 4 rings (SSSR count). The number of aliphatic imine (C=N–C) groups is 6. The highest BCUT2D eigenvalue weighted by Gasteiger charge is 2.34. The molecular weight excluding hydrogens is 300 g/mol. The molecule has 0 bridgehead atoms. The summed E-state index contributed by atoms with van der Waals surface area (Å²) >= 11 is 0. The lowest BCUT2D eigenvalue weighted by molar-refractivity contribution is 0.478. The van der Waals surface area contributed by atoms with E-state index in [-0.39, 0.29) is 24.0 Å². The fraction of sp³-hybridized carbons (Fsp3) is 0.444. The summed E-state index contributed by atoms with van der Waals surface area (Å²) in [5, 5.41) is 0. The molecule has 0 aliphatic carbocycles. The van der Waals surface area contributed by atoms with Crippen molar-refractivity contribution in [2.24, 2.45) is 35.9 Å². The minimum Gasteiger partial charge on any atom is -0.293 e. The van der Waals surface area contributed by atoms with E-state index in [4.69, 9.17) is 4.99 Å². The summed E-state index contributed by atoms with van der Waals surface area (Å²) in [7, 11) is 0. The zero-order valence-corrected chi connectivity index (χ0v) is 13.4. The average molecular weight is 320 g/mol. The van der Waals surface area contributed by atoms with Gasteiger partial charge in [-0.2, -0.15) is 0 Å². The van der Waals surface area contributed by atoms with Gasteiger partial charge < -0.3 is 0 Å². The molecule has 0 saturated carbocycles. The van der Waals surface area contributed by atoms with Crippen LogP contribution in [0.25, 0.3) is 0 Å². The van der Waals surface area contributed by atoms with Crippen LogP contribution in [0, 0.1) is 5.92 Å². The molecule has 24 heavy (non-hydrogen) atoms. The minimum atomic E-state index is 0.0282. The minimum absolute atomic E-state index is 0.0282. The SMILES string of the molecule is C1=CCC(C2=NC(C3=CC=NCC3)C(C3CN=CC=N3)C=N2)N=C1. The Labute approximate surface area is 141 Å². The smallest absolute Gasteiger partial charge is 0.148 e. The first-order valence-corrected chi connectivity index (χ1v) is 8.42. The van der Waals surface area contributed by atoms with Crippen LogP contribution in [-0.4, -0.2) is 68.1 Å². The summed E-state index contributed by atoms with van der Waals surface area (Å²) < 4.78 is 0. The second-order valence-electron chi connectivity index (χ2n) is 6.19. The topological polar surface area (TPSA) is 74.2 Å². The van der Waals surface area contributed by atoms with E-state index in [9.17, 15) is 0 Å². The van der Waals surface area contributed by atoms with E-state index in [0.717, 1.165) is 25.2 Å². The van der Waals surface area contributed by atoms with Gasteiger partial charge in [0.2, 0.25) is 0 Å². The molecule has 4 aliphatic heterocycles. The molecular formula is C18H20N6. The van der Waals surface area contributed by atoms with Crippen molar-refractivity contribution in [1.82, 2.24) is 0 Å². The van der Waals surface area contributed by atoms with Gasteiger partial charge in [-0.3, -0.25) is 25.0 Å². The van der Waals surface area contributed by atoms with Crippen LogP contribution in [0.5, 0.6) is 0 Å². The predicted molar refractivity (Wildman–Crippen MR) is 101 cm³/mol. The molecule has 0 aromatic heterocycles. The predicted octanol–water partition coefficient (Wildman–Crippen LogP) is 1.78. The summed E-state index contributed by atoms with van der Waals surface area (Å²) in [6.45, 7) is 1.52. The highest BCUT2D eigenvalue weighted by molar-refractivity contribution is 6.16. The number of hydrogen-bond acceptors (Lipinski definition) is 6. The van der Waals surface area contributed by atoms with Gasteiger partial charge in [0.1, 0.15) is 11.9 Å². The van der Waals surface area contributed by atoms with Gasteiger partial charge in [0, 0.05) is 43.5 Å². The zero-order chi connectivity index (χ0) is 16.2. The lowest BCUT2D eigenvalue weighted by atomic mass is 9.85. The van der Waals surface area contributed by atoms with Gasteiger partial charge in [-0.05, 0) is 30.6 Å². The van der Waals surface area contributed by atoms with Crippen LogP contribution in [0.15, 0.2) is 53.8 Å². The van der Waals surface area contributed by atoms with Crippen molar-refractivity contribution in [3.05, 3.63) is 23.8 Å². The van der Waals surface area contributed by atoms with Gasteiger partial charge in [-0.15, -0.1) is 0 Å². The summed E-state index contributed by atoms with van der Waals surface area (Å²) in [6, 6.07) is 0.185. The van der Waals surface area contributed by atoms with E-state index in [2.05, 4.69) is 37.1 Å². The fourth-order valence-electron chi connectivity index (χ4n) is 3.35. The molecule has 0 aromatic carbocycles. The van der Waals surface area contributed by atoms with E-state index < -0.39 is 0 Å². The number of dihydropyridines is 2. The van der Waals surface area contributed by atoms with Gasteiger partial charge in [0.15, 0.2) is 0 Å². The van der Waals surface area contributed by atoms with Crippen LogP contribution >= 0.6 is 0 Å². The molecule has 4 unspecified atom stereocenters. The van der Waals surface area contributed by atoms with Crippen LogP contribution in [0.2, 0.25) is 0 Å². The Kier molecular flexibility index (Phi) is 4.36. The molecule has 4 aliphatic rings. The number of nitrogens with zero attached hydrogens (tertiary/aromatic N) is 6. The maximum absolute atomic E-state index is 5.00. The molecule has 6 nitrogen and oxygen atoms in total. The molecule has 0 amide bonds. The molecule has 4 atom stereocenters. The molecule has 0 saturated heterocycles. The van der Waals surface area contributed by atoms with E-state index >= 15 is 0 Å². The van der Waals surface area contributed by atoms with Crippen LogP contribution < -0.4 is 0 Å². The maximum Gasteiger partial charge on any atom is 0.148 e. The number of hydrogen-bond donors (Lipinski definition) is 0. The Bertz CT molecular complexity index is 722. The van der Waals surface area contributed by atoms with Crippen LogP contribution in [-0.2, 0) is 0 Å². The molecule has 0 N–H and O–H groups in total. The maximum atomic E-state index is 5.00. The van der Waals surface area contributed by atoms with Crippen molar-refractivity contribution < 1.29 is 0 Å². The van der Waals surface area contributed by atoms with Crippen LogP contribution in [0.3, 0.4) is 0 Å². The third-order valence-electron chi connectivity index (χ3n) is 4.65. The summed E-state index contributed by atoms with van der Waals surface area (Å²) in [4.78, 5) is 27.4. The van der Waals surface area contributed by atoms with Crippen molar-refractivity contribution in [2.45, 2.75) is 31.0 Å². The Hall–Kier alpha value is -2.50. The third-order valence-corrected chi connectivity index (χ3v) is 4.65. The zero-order valence-electron chi connectivity index (χ0n) is 13.4. The lowest BCUT2D eigenvalue weighted by Crippen LogP contribution is -2.40. The van der Waals surface area contributed by atoms with Crippen molar-refractivity contribution in [3.63, 3.8) is 0 Å². The van der Waals surface area contributed by atoms with E-state index in [1.54, 1.807) is 12.4 Å². The quantitative estimate of drug-likeness (QED) is 0.760. The molecule has 4 heterocycles. The van der Waals surface area contributed by atoms with Crippen molar-refractivity contribution in [3.8, 4) is 0 Å². The molecule has 0 aromatic rings. The standard InChI is InChI=1S/C18H20N6/c1-2-6-21-15(3-1)18-23-11-14(16-12-20-9-10-22-16)17(24-18)13-4-7-19-8-5-13/h1-2,4,6-7,9-11,14-17H,3,5,8,12H2. The highest BCUT2D eigenvalue weighted by atomic mass is 15.0. The number of rotatable bonds is 3. The van der Waals surface area contributed by atoms with Crippen LogP contribution in [0.1, 0.15) is 12.8 Å².